The Kier molecular flexibility index (Phi) is 5.42. The van der Waals surface area contributed by atoms with Gasteiger partial charge in [0.15, 0.2) is 0 Å². The minimum absolute atomic E-state index is 0. The Bertz CT molecular complexity index is 268. The van der Waals surface area contributed by atoms with E-state index < -0.39 is 0 Å². The summed E-state index contributed by atoms with van der Waals surface area (Å²) in [5, 5.41) is 2.94. The summed E-state index contributed by atoms with van der Waals surface area (Å²) in [5.41, 5.74) is 0.833. The van der Waals surface area contributed by atoms with Crippen LogP contribution in [0, 0.1) is 5.82 Å². The molecule has 1 N–H and O–H groups in total. The Labute approximate surface area is 83.5 Å². The predicted octanol–water partition coefficient (Wildman–Crippen LogP) is 1.98. The normalized spacial score (nSPS) is 9.15. The van der Waals surface area contributed by atoms with Crippen molar-refractivity contribution < 1.29 is 9.13 Å². The maximum absolute atomic E-state index is 12.7. The molecule has 0 aliphatic carbocycles. The van der Waals surface area contributed by atoms with E-state index in [9.17, 15) is 4.39 Å². The SMILES string of the molecule is CNCc1cc(F)ccc1OC.Cl. The number of methoxy groups -OCH3 is 1. The summed E-state index contributed by atoms with van der Waals surface area (Å²) < 4.78 is 17.8. The number of ether oxygens (including phenoxy) is 1. The lowest BCUT2D eigenvalue weighted by Gasteiger charge is -2.07. The van der Waals surface area contributed by atoms with E-state index in [4.69, 9.17) is 4.74 Å². The maximum atomic E-state index is 12.7. The second-order valence-electron chi connectivity index (χ2n) is 2.49. The zero-order valence-electron chi connectivity index (χ0n) is 7.63. The van der Waals surface area contributed by atoms with Crippen molar-refractivity contribution in [2.45, 2.75) is 6.54 Å². The van der Waals surface area contributed by atoms with Crippen molar-refractivity contribution in [3.05, 3.63) is 29.6 Å². The van der Waals surface area contributed by atoms with Gasteiger partial charge in [0.05, 0.1) is 7.11 Å². The Morgan fingerprint density at radius 1 is 1.46 bits per heavy atom. The van der Waals surface area contributed by atoms with Gasteiger partial charge in [-0.15, -0.1) is 12.4 Å². The Balaban J connectivity index is 0.00000144. The van der Waals surface area contributed by atoms with Crippen LogP contribution in [0.25, 0.3) is 0 Å². The molecule has 13 heavy (non-hydrogen) atoms. The van der Waals surface area contributed by atoms with E-state index >= 15 is 0 Å². The first-order chi connectivity index (χ1) is 5.77. The van der Waals surface area contributed by atoms with E-state index in [1.54, 1.807) is 13.2 Å². The van der Waals surface area contributed by atoms with E-state index in [1.807, 2.05) is 7.05 Å². The summed E-state index contributed by atoms with van der Waals surface area (Å²) >= 11 is 0. The van der Waals surface area contributed by atoms with Crippen LogP contribution in [0.5, 0.6) is 5.75 Å². The molecule has 0 amide bonds. The number of hydrogen-bond donors (Lipinski definition) is 1. The summed E-state index contributed by atoms with van der Waals surface area (Å²) in [7, 11) is 3.39. The van der Waals surface area contributed by atoms with Gasteiger partial charge in [-0.3, -0.25) is 0 Å². The molecule has 0 spiro atoms. The first-order valence-electron chi connectivity index (χ1n) is 3.75. The molecule has 4 heteroatoms. The molecule has 74 valence electrons. The molecule has 1 rings (SSSR count). The Hall–Kier alpha value is -0.800. The fraction of sp³-hybridized carbons (Fsp3) is 0.333. The van der Waals surface area contributed by atoms with Gasteiger partial charge in [0, 0.05) is 12.1 Å². The minimum atomic E-state index is -0.235. The van der Waals surface area contributed by atoms with Crippen LogP contribution in [0.15, 0.2) is 18.2 Å². The summed E-state index contributed by atoms with van der Waals surface area (Å²) in [6.45, 7) is 0.612. The average Bonchev–Trinajstić information content (AvgIpc) is 2.05. The van der Waals surface area contributed by atoms with Crippen molar-refractivity contribution in [2.24, 2.45) is 0 Å². The highest BCUT2D eigenvalue weighted by atomic mass is 35.5. The van der Waals surface area contributed by atoms with Crippen molar-refractivity contribution in [2.75, 3.05) is 14.2 Å². The molecule has 0 saturated heterocycles. The molecule has 0 aliphatic rings. The van der Waals surface area contributed by atoms with Gasteiger partial charge in [-0.05, 0) is 25.2 Å². The lowest BCUT2D eigenvalue weighted by atomic mass is 10.2. The highest BCUT2D eigenvalue weighted by molar-refractivity contribution is 5.85. The molecule has 0 radical (unpaired) electrons. The molecule has 0 aromatic heterocycles. The summed E-state index contributed by atoms with van der Waals surface area (Å²) in [4.78, 5) is 0. The largest absolute Gasteiger partial charge is 0.496 e. The molecule has 0 saturated carbocycles. The molecule has 0 bridgehead atoms. The van der Waals surface area contributed by atoms with Gasteiger partial charge < -0.3 is 10.1 Å². The first-order valence-corrected chi connectivity index (χ1v) is 3.75. The average molecular weight is 206 g/mol. The van der Waals surface area contributed by atoms with Crippen LogP contribution in [0.3, 0.4) is 0 Å². The topological polar surface area (TPSA) is 21.3 Å². The fourth-order valence-electron chi connectivity index (χ4n) is 1.08. The fourth-order valence-corrected chi connectivity index (χ4v) is 1.08. The minimum Gasteiger partial charge on any atom is -0.496 e. The van der Waals surface area contributed by atoms with Crippen molar-refractivity contribution in [1.29, 1.82) is 0 Å². The van der Waals surface area contributed by atoms with Crippen molar-refractivity contribution in [1.82, 2.24) is 5.32 Å². The second-order valence-corrected chi connectivity index (χ2v) is 2.49. The second kappa shape index (κ2) is 5.78. The smallest absolute Gasteiger partial charge is 0.123 e. The lowest BCUT2D eigenvalue weighted by molar-refractivity contribution is 0.407. The summed E-state index contributed by atoms with van der Waals surface area (Å²) in [6.07, 6.45) is 0. The molecule has 1 aromatic carbocycles. The van der Waals surface area contributed by atoms with Gasteiger partial charge in [-0.2, -0.15) is 0 Å². The highest BCUT2D eigenvalue weighted by Crippen LogP contribution is 2.18. The standard InChI is InChI=1S/C9H12FNO.ClH/c1-11-6-7-5-8(10)3-4-9(7)12-2;/h3-5,11H,6H2,1-2H3;1H. The van der Waals surface area contributed by atoms with Crippen molar-refractivity contribution in [3.63, 3.8) is 0 Å². The van der Waals surface area contributed by atoms with E-state index in [2.05, 4.69) is 5.32 Å². The molecule has 0 fully saturated rings. The van der Waals surface area contributed by atoms with Gasteiger partial charge in [-0.25, -0.2) is 4.39 Å². The molecule has 0 aliphatic heterocycles. The molecule has 0 heterocycles. The molecule has 0 unspecified atom stereocenters. The van der Waals surface area contributed by atoms with Crippen LogP contribution in [-0.4, -0.2) is 14.2 Å². The summed E-state index contributed by atoms with van der Waals surface area (Å²) in [5.74, 6) is 0.479. The van der Waals surface area contributed by atoms with Gasteiger partial charge in [-0.1, -0.05) is 0 Å². The molecule has 2 nitrogen and oxygen atoms in total. The number of hydrogen-bond acceptors (Lipinski definition) is 2. The van der Waals surface area contributed by atoms with Gasteiger partial charge >= 0.3 is 0 Å². The quantitative estimate of drug-likeness (QED) is 0.815. The van der Waals surface area contributed by atoms with Crippen molar-refractivity contribution in [3.8, 4) is 5.75 Å². The van der Waals surface area contributed by atoms with Crippen LogP contribution in [-0.2, 0) is 6.54 Å². The Morgan fingerprint density at radius 3 is 2.69 bits per heavy atom. The van der Waals surface area contributed by atoms with Crippen LogP contribution < -0.4 is 10.1 Å². The lowest BCUT2D eigenvalue weighted by Crippen LogP contribution is -2.06. The van der Waals surface area contributed by atoms with Crippen LogP contribution in [0.1, 0.15) is 5.56 Å². The zero-order chi connectivity index (χ0) is 8.97. The third kappa shape index (κ3) is 3.20. The maximum Gasteiger partial charge on any atom is 0.123 e. The van der Waals surface area contributed by atoms with Crippen LogP contribution in [0.2, 0.25) is 0 Å². The number of halogens is 2. The molecular weight excluding hydrogens is 193 g/mol. The number of nitrogens with one attached hydrogen (secondary N) is 1. The molecular formula is C9H13ClFNO. The third-order valence-electron chi connectivity index (χ3n) is 1.61. The van der Waals surface area contributed by atoms with E-state index in [0.717, 1.165) is 5.56 Å². The summed E-state index contributed by atoms with van der Waals surface area (Å²) in [6, 6.07) is 4.48. The van der Waals surface area contributed by atoms with Crippen LogP contribution >= 0.6 is 12.4 Å². The van der Waals surface area contributed by atoms with E-state index in [1.165, 1.54) is 12.1 Å². The number of benzene rings is 1. The predicted molar refractivity (Wildman–Crippen MR) is 53.0 cm³/mol. The van der Waals surface area contributed by atoms with Crippen LogP contribution in [0.4, 0.5) is 4.39 Å². The first kappa shape index (κ1) is 12.2. The van der Waals surface area contributed by atoms with Gasteiger partial charge in [0.2, 0.25) is 0 Å². The molecule has 1 aromatic rings. The van der Waals surface area contributed by atoms with E-state index in [-0.39, 0.29) is 18.2 Å². The van der Waals surface area contributed by atoms with Gasteiger partial charge in [0.1, 0.15) is 11.6 Å². The third-order valence-corrected chi connectivity index (χ3v) is 1.61. The zero-order valence-corrected chi connectivity index (χ0v) is 8.45. The number of rotatable bonds is 3. The van der Waals surface area contributed by atoms with Crippen molar-refractivity contribution >= 4 is 12.4 Å². The molecule has 0 atom stereocenters. The Morgan fingerprint density at radius 2 is 2.15 bits per heavy atom. The highest BCUT2D eigenvalue weighted by Gasteiger charge is 2.02. The van der Waals surface area contributed by atoms with Gasteiger partial charge in [0.25, 0.3) is 0 Å². The van der Waals surface area contributed by atoms with E-state index in [0.29, 0.717) is 12.3 Å². The monoisotopic (exact) mass is 205 g/mol.